The molecule has 1 aromatic carbocycles. The number of hydrogen-bond acceptors (Lipinski definition) is 4. The van der Waals surface area contributed by atoms with E-state index in [2.05, 4.69) is 15.0 Å². The fraction of sp³-hybridized carbons (Fsp3) is 0.267. The highest BCUT2D eigenvalue weighted by Crippen LogP contribution is 2.20. The van der Waals surface area contributed by atoms with Crippen LogP contribution in [0.15, 0.2) is 47.6 Å². The maximum Gasteiger partial charge on any atom is 0.261 e. The van der Waals surface area contributed by atoms with Crippen molar-refractivity contribution in [3.63, 3.8) is 0 Å². The van der Waals surface area contributed by atoms with Crippen molar-refractivity contribution in [2.24, 2.45) is 0 Å². The molecule has 1 heterocycles. The molecule has 2 N–H and O–H groups in total. The van der Waals surface area contributed by atoms with Crippen molar-refractivity contribution in [3.8, 4) is 0 Å². The second-order valence-electron chi connectivity index (χ2n) is 4.88. The van der Waals surface area contributed by atoms with E-state index in [0.717, 1.165) is 11.1 Å². The third-order valence-corrected chi connectivity index (χ3v) is 4.79. The quantitative estimate of drug-likeness (QED) is 0.890. The molecule has 1 unspecified atom stereocenters. The van der Waals surface area contributed by atoms with E-state index in [1.807, 2.05) is 33.0 Å². The minimum atomic E-state index is -3.60. The van der Waals surface area contributed by atoms with E-state index in [0.29, 0.717) is 5.69 Å². The Hall–Kier alpha value is -1.92. The van der Waals surface area contributed by atoms with Crippen LogP contribution in [0.1, 0.15) is 24.1 Å². The summed E-state index contributed by atoms with van der Waals surface area (Å²) in [6.07, 6.45) is 3.13. The number of nitrogens with zero attached hydrogens (tertiary/aromatic N) is 1. The number of anilines is 1. The standard InChI is InChI=1S/C15H19N3O2S/c1-11-8-9-17-10-15(11)18-21(19,20)14-6-4-13(5-7-14)12(2)16-3/h4-10,12,16,18H,1-3H3. The SMILES string of the molecule is CNC(C)c1ccc(S(=O)(=O)Nc2cnccc2C)cc1. The Morgan fingerprint density at radius 3 is 2.38 bits per heavy atom. The maximum absolute atomic E-state index is 12.3. The molecular formula is C15H19N3O2S. The molecule has 0 radical (unpaired) electrons. The molecule has 1 atom stereocenters. The number of sulfonamides is 1. The lowest BCUT2D eigenvalue weighted by Crippen LogP contribution is -2.15. The number of pyridine rings is 1. The summed E-state index contributed by atoms with van der Waals surface area (Å²) in [4.78, 5) is 4.17. The number of aromatic nitrogens is 1. The minimum Gasteiger partial charge on any atom is -0.313 e. The molecule has 112 valence electrons. The van der Waals surface area contributed by atoms with Gasteiger partial charge in [0.25, 0.3) is 10.0 Å². The van der Waals surface area contributed by atoms with Crippen LogP contribution < -0.4 is 10.0 Å². The molecule has 6 heteroatoms. The van der Waals surface area contributed by atoms with E-state index in [4.69, 9.17) is 0 Å². The van der Waals surface area contributed by atoms with Crippen LogP contribution in [0.5, 0.6) is 0 Å². The van der Waals surface area contributed by atoms with Crippen molar-refractivity contribution in [2.75, 3.05) is 11.8 Å². The number of benzene rings is 1. The van der Waals surface area contributed by atoms with Crippen molar-refractivity contribution in [2.45, 2.75) is 24.8 Å². The average molecular weight is 305 g/mol. The van der Waals surface area contributed by atoms with Gasteiger partial charge in [-0.15, -0.1) is 0 Å². The van der Waals surface area contributed by atoms with Crippen LogP contribution in [0.2, 0.25) is 0 Å². The van der Waals surface area contributed by atoms with Crippen LogP contribution in [-0.4, -0.2) is 20.4 Å². The van der Waals surface area contributed by atoms with E-state index < -0.39 is 10.0 Å². The first-order valence-corrected chi connectivity index (χ1v) is 8.13. The van der Waals surface area contributed by atoms with Gasteiger partial charge in [0.2, 0.25) is 0 Å². The van der Waals surface area contributed by atoms with Crippen LogP contribution in [0.3, 0.4) is 0 Å². The number of nitrogens with one attached hydrogen (secondary N) is 2. The Bertz CT molecular complexity index is 712. The van der Waals surface area contributed by atoms with Gasteiger partial charge in [-0.25, -0.2) is 8.42 Å². The van der Waals surface area contributed by atoms with Crippen molar-refractivity contribution in [1.82, 2.24) is 10.3 Å². The molecule has 21 heavy (non-hydrogen) atoms. The van der Waals surface area contributed by atoms with Gasteiger partial charge in [0.05, 0.1) is 16.8 Å². The van der Waals surface area contributed by atoms with Gasteiger partial charge >= 0.3 is 0 Å². The second-order valence-corrected chi connectivity index (χ2v) is 6.56. The highest BCUT2D eigenvalue weighted by atomic mass is 32.2. The smallest absolute Gasteiger partial charge is 0.261 e. The summed E-state index contributed by atoms with van der Waals surface area (Å²) in [5, 5.41) is 3.11. The predicted molar refractivity (Wildman–Crippen MR) is 83.7 cm³/mol. The van der Waals surface area contributed by atoms with Crippen molar-refractivity contribution in [3.05, 3.63) is 53.9 Å². The van der Waals surface area contributed by atoms with Crippen LogP contribution in [-0.2, 0) is 10.0 Å². The van der Waals surface area contributed by atoms with Gasteiger partial charge in [-0.1, -0.05) is 12.1 Å². The Morgan fingerprint density at radius 2 is 1.81 bits per heavy atom. The molecular weight excluding hydrogens is 286 g/mol. The summed E-state index contributed by atoms with van der Waals surface area (Å²) >= 11 is 0. The van der Waals surface area contributed by atoms with E-state index in [1.165, 1.54) is 6.20 Å². The van der Waals surface area contributed by atoms with Crippen LogP contribution >= 0.6 is 0 Å². The first kappa shape index (κ1) is 15.5. The predicted octanol–water partition coefficient (Wildman–Crippen LogP) is 2.47. The number of rotatable bonds is 5. The van der Waals surface area contributed by atoms with Crippen LogP contribution in [0.4, 0.5) is 5.69 Å². The zero-order valence-electron chi connectivity index (χ0n) is 12.3. The Labute approximate surface area is 125 Å². The molecule has 1 aromatic heterocycles. The van der Waals surface area contributed by atoms with Crippen molar-refractivity contribution in [1.29, 1.82) is 0 Å². The lowest BCUT2D eigenvalue weighted by atomic mass is 10.1. The molecule has 0 fully saturated rings. The Morgan fingerprint density at radius 1 is 1.14 bits per heavy atom. The summed E-state index contributed by atoms with van der Waals surface area (Å²) in [6, 6.07) is 8.78. The van der Waals surface area contributed by atoms with E-state index in [1.54, 1.807) is 24.4 Å². The molecule has 0 saturated carbocycles. The molecule has 0 aliphatic carbocycles. The lowest BCUT2D eigenvalue weighted by molar-refractivity contribution is 0.600. The number of aryl methyl sites for hydroxylation is 1. The maximum atomic E-state index is 12.3. The first-order valence-electron chi connectivity index (χ1n) is 6.64. The van der Waals surface area contributed by atoms with Gasteiger partial charge in [0, 0.05) is 12.2 Å². The molecule has 2 aromatic rings. The Balaban J connectivity index is 2.26. The van der Waals surface area contributed by atoms with Crippen molar-refractivity contribution >= 4 is 15.7 Å². The van der Waals surface area contributed by atoms with Gasteiger partial charge in [-0.3, -0.25) is 9.71 Å². The fourth-order valence-corrected chi connectivity index (χ4v) is 2.99. The van der Waals surface area contributed by atoms with E-state index >= 15 is 0 Å². The van der Waals surface area contributed by atoms with Gasteiger partial charge in [-0.05, 0) is 50.2 Å². The fourth-order valence-electron chi connectivity index (χ4n) is 1.88. The normalized spacial score (nSPS) is 12.9. The molecule has 0 saturated heterocycles. The van der Waals surface area contributed by atoms with Crippen molar-refractivity contribution < 1.29 is 8.42 Å². The summed E-state index contributed by atoms with van der Waals surface area (Å²) in [6.45, 7) is 3.85. The first-order chi connectivity index (χ1) is 9.94. The highest BCUT2D eigenvalue weighted by Gasteiger charge is 2.15. The summed E-state index contributed by atoms with van der Waals surface area (Å²) in [7, 11) is -1.73. The van der Waals surface area contributed by atoms with Gasteiger partial charge < -0.3 is 5.32 Å². The second kappa shape index (κ2) is 6.24. The molecule has 0 aliphatic heterocycles. The summed E-state index contributed by atoms with van der Waals surface area (Å²) in [5.41, 5.74) is 2.35. The van der Waals surface area contributed by atoms with E-state index in [9.17, 15) is 8.42 Å². The van der Waals surface area contributed by atoms with E-state index in [-0.39, 0.29) is 10.9 Å². The molecule has 0 bridgehead atoms. The Kier molecular flexibility index (Phi) is 4.59. The zero-order valence-corrected chi connectivity index (χ0v) is 13.1. The number of hydrogen-bond donors (Lipinski definition) is 2. The molecule has 5 nitrogen and oxygen atoms in total. The van der Waals surface area contributed by atoms with Crippen LogP contribution in [0, 0.1) is 6.92 Å². The molecule has 0 spiro atoms. The molecule has 2 rings (SSSR count). The van der Waals surface area contributed by atoms with Crippen LogP contribution in [0.25, 0.3) is 0 Å². The lowest BCUT2D eigenvalue weighted by Gasteiger charge is -2.13. The average Bonchev–Trinajstić information content (AvgIpc) is 2.49. The monoisotopic (exact) mass is 305 g/mol. The minimum absolute atomic E-state index is 0.176. The summed E-state index contributed by atoms with van der Waals surface area (Å²) in [5.74, 6) is 0. The highest BCUT2D eigenvalue weighted by molar-refractivity contribution is 7.92. The summed E-state index contributed by atoms with van der Waals surface area (Å²) < 4.78 is 27.3. The van der Waals surface area contributed by atoms with Gasteiger partial charge in [-0.2, -0.15) is 0 Å². The third kappa shape index (κ3) is 3.59. The molecule has 0 amide bonds. The zero-order chi connectivity index (χ0) is 15.5. The topological polar surface area (TPSA) is 71.1 Å². The van der Waals surface area contributed by atoms with Gasteiger partial charge in [0.1, 0.15) is 0 Å². The third-order valence-electron chi connectivity index (χ3n) is 3.41. The van der Waals surface area contributed by atoms with Gasteiger partial charge in [0.15, 0.2) is 0 Å². The largest absolute Gasteiger partial charge is 0.313 e. The molecule has 0 aliphatic rings.